The van der Waals surface area contributed by atoms with Crippen LogP contribution in [-0.4, -0.2) is 44.8 Å². The van der Waals surface area contributed by atoms with Gasteiger partial charge in [0.05, 0.1) is 23.9 Å². The lowest BCUT2D eigenvalue weighted by Crippen LogP contribution is -2.61. The number of hydrogen-bond acceptors (Lipinski definition) is 6. The van der Waals surface area contributed by atoms with Crippen molar-refractivity contribution in [2.75, 3.05) is 5.32 Å². The highest BCUT2D eigenvalue weighted by Gasteiger charge is 2.44. The topological polar surface area (TPSA) is 151 Å². The minimum absolute atomic E-state index is 0.0508. The number of carbonyl (C=O) groups excluding carboxylic acids is 3. The van der Waals surface area contributed by atoms with Gasteiger partial charge in [-0.1, -0.05) is 68.4 Å². The molecule has 3 aromatic rings. The quantitative estimate of drug-likeness (QED) is 0.257. The van der Waals surface area contributed by atoms with Crippen molar-refractivity contribution >= 4 is 23.5 Å². The molecule has 0 bridgehead atoms. The number of amides is 3. The van der Waals surface area contributed by atoms with Crippen LogP contribution in [0.2, 0.25) is 0 Å². The van der Waals surface area contributed by atoms with Crippen molar-refractivity contribution in [2.45, 2.75) is 83.1 Å². The molecule has 218 valence electrons. The van der Waals surface area contributed by atoms with Gasteiger partial charge in [-0.25, -0.2) is 4.68 Å². The van der Waals surface area contributed by atoms with Crippen molar-refractivity contribution in [2.24, 2.45) is 5.73 Å². The average Bonchev–Trinajstić information content (AvgIpc) is 3.40. The molecule has 41 heavy (non-hydrogen) atoms. The first-order chi connectivity index (χ1) is 19.4. The second kappa shape index (κ2) is 11.7. The van der Waals surface area contributed by atoms with Gasteiger partial charge < -0.3 is 26.8 Å². The molecule has 1 aromatic heterocycles. The summed E-state index contributed by atoms with van der Waals surface area (Å²) in [6.07, 6.45) is 2.00. The van der Waals surface area contributed by atoms with Crippen LogP contribution in [0.1, 0.15) is 80.6 Å². The first kappa shape index (κ1) is 29.8. The first-order valence-corrected chi connectivity index (χ1v) is 14.0. The molecule has 1 aliphatic heterocycles. The van der Waals surface area contributed by atoms with Gasteiger partial charge in [-0.3, -0.25) is 14.4 Å². The zero-order chi connectivity index (χ0) is 29.9. The molecule has 10 heteroatoms. The molecule has 0 saturated heterocycles. The molecule has 0 fully saturated rings. The number of aromatic nitrogens is 2. The Kier molecular flexibility index (Phi) is 8.53. The molecule has 0 radical (unpaired) electrons. The number of aliphatic hydroxyl groups is 1. The summed E-state index contributed by atoms with van der Waals surface area (Å²) in [5, 5.41) is 23.7. The predicted octanol–water partition coefficient (Wildman–Crippen LogP) is 3.12. The van der Waals surface area contributed by atoms with Gasteiger partial charge in [0, 0.05) is 0 Å². The number of fused-ring (bicyclic) bond motifs is 1. The smallest absolute Gasteiger partial charge is 0.257 e. The summed E-state index contributed by atoms with van der Waals surface area (Å²) in [5.41, 5.74) is 6.49. The lowest BCUT2D eigenvalue weighted by molar-refractivity contribution is -0.134. The predicted molar refractivity (Wildman–Crippen MR) is 157 cm³/mol. The highest BCUT2D eigenvalue weighted by Crippen LogP contribution is 2.40. The molecular weight excluding hydrogens is 520 g/mol. The Morgan fingerprint density at radius 3 is 2.37 bits per heavy atom. The lowest BCUT2D eigenvalue weighted by atomic mass is 9.84. The van der Waals surface area contributed by atoms with Gasteiger partial charge in [0.15, 0.2) is 0 Å². The Bertz CT molecular complexity index is 1400. The van der Waals surface area contributed by atoms with E-state index in [1.165, 1.54) is 13.1 Å². The summed E-state index contributed by atoms with van der Waals surface area (Å²) < 4.78 is 1.81. The molecule has 4 rings (SSSR count). The largest absolute Gasteiger partial charge is 0.391 e. The van der Waals surface area contributed by atoms with Gasteiger partial charge in [-0.15, -0.1) is 0 Å². The summed E-state index contributed by atoms with van der Waals surface area (Å²) >= 11 is 0. The van der Waals surface area contributed by atoms with Crippen molar-refractivity contribution < 1.29 is 19.5 Å². The highest BCUT2D eigenvalue weighted by molar-refractivity contribution is 6.03. The number of benzene rings is 2. The summed E-state index contributed by atoms with van der Waals surface area (Å²) in [7, 11) is 0. The second-order valence-corrected chi connectivity index (χ2v) is 11.3. The zero-order valence-electron chi connectivity index (χ0n) is 24.3. The molecule has 6 N–H and O–H groups in total. The summed E-state index contributed by atoms with van der Waals surface area (Å²) in [6, 6.07) is 16.0. The van der Waals surface area contributed by atoms with E-state index in [9.17, 15) is 19.5 Å². The van der Waals surface area contributed by atoms with Gasteiger partial charge in [0.2, 0.25) is 5.91 Å². The number of nitrogens with zero attached hydrogens (tertiary/aromatic N) is 2. The Morgan fingerprint density at radius 2 is 1.80 bits per heavy atom. The van der Waals surface area contributed by atoms with Crippen LogP contribution in [-0.2, 0) is 27.1 Å². The molecule has 2 heterocycles. The molecule has 0 aliphatic carbocycles. The number of hydrogen-bond donors (Lipinski definition) is 5. The van der Waals surface area contributed by atoms with Crippen LogP contribution in [0.25, 0.3) is 0 Å². The van der Waals surface area contributed by atoms with Gasteiger partial charge >= 0.3 is 0 Å². The highest BCUT2D eigenvalue weighted by atomic mass is 16.3. The van der Waals surface area contributed by atoms with E-state index in [2.05, 4.69) is 34.9 Å². The van der Waals surface area contributed by atoms with E-state index in [1.807, 2.05) is 54.1 Å². The summed E-state index contributed by atoms with van der Waals surface area (Å²) in [4.78, 5) is 40.0. The monoisotopic (exact) mass is 560 g/mol. The third-order valence-electron chi connectivity index (χ3n) is 7.98. The normalized spacial score (nSPS) is 18.6. The van der Waals surface area contributed by atoms with Crippen molar-refractivity contribution in [3.63, 3.8) is 0 Å². The number of rotatable bonds is 10. The molecule has 0 saturated carbocycles. The van der Waals surface area contributed by atoms with Crippen LogP contribution in [0.4, 0.5) is 5.82 Å². The number of aliphatic hydroxyl groups excluding tert-OH is 1. The SMILES string of the molecule is CCc1ccc(C(CC)(NC(=O)c2cnn3c2N[C@@H](c2ccccc2)CC3(C)C)C(=O)N[C@H](C(N)=O)[C@@H](C)O)cc1. The van der Waals surface area contributed by atoms with Crippen molar-refractivity contribution in [1.82, 2.24) is 20.4 Å². The van der Waals surface area contributed by atoms with E-state index in [1.54, 1.807) is 19.1 Å². The molecular formula is C31H40N6O4. The van der Waals surface area contributed by atoms with Gasteiger partial charge in [0.25, 0.3) is 11.8 Å². The molecule has 1 aliphatic rings. The fourth-order valence-electron chi connectivity index (χ4n) is 5.49. The van der Waals surface area contributed by atoms with E-state index < -0.39 is 35.4 Å². The maximum absolute atomic E-state index is 14.0. The van der Waals surface area contributed by atoms with E-state index in [4.69, 9.17) is 5.73 Å². The van der Waals surface area contributed by atoms with Gasteiger partial charge in [0.1, 0.15) is 23.0 Å². The van der Waals surface area contributed by atoms with Crippen LogP contribution >= 0.6 is 0 Å². The van der Waals surface area contributed by atoms with Crippen LogP contribution < -0.4 is 21.7 Å². The molecule has 10 nitrogen and oxygen atoms in total. The maximum Gasteiger partial charge on any atom is 0.257 e. The Morgan fingerprint density at radius 1 is 1.15 bits per heavy atom. The number of nitrogens with two attached hydrogens (primary N) is 1. The van der Waals surface area contributed by atoms with Crippen molar-refractivity contribution in [3.8, 4) is 0 Å². The fourth-order valence-corrected chi connectivity index (χ4v) is 5.49. The standard InChI is InChI=1S/C31H40N6O4/c1-6-20-13-15-22(16-14-20)31(7-2,29(41)35-25(19(3)38)26(32)39)36-28(40)23-18-33-37-27(23)34-24(17-30(37,4)5)21-11-9-8-10-12-21/h8-16,18-19,24-25,34,38H,6-7,17H2,1-5H3,(H2,32,39)(H,35,41)(H,36,40)/t19-,24-,25+,31?/m1/s1. The molecule has 1 unspecified atom stereocenters. The Labute approximate surface area is 240 Å². The van der Waals surface area contributed by atoms with Crippen molar-refractivity contribution in [3.05, 3.63) is 83.0 Å². The number of anilines is 1. The van der Waals surface area contributed by atoms with E-state index in [0.717, 1.165) is 24.0 Å². The number of nitrogens with one attached hydrogen (secondary N) is 3. The van der Waals surface area contributed by atoms with E-state index in [-0.39, 0.29) is 23.6 Å². The Balaban J connectivity index is 1.74. The molecule has 0 spiro atoms. The average molecular weight is 561 g/mol. The molecule has 3 amide bonds. The van der Waals surface area contributed by atoms with Crippen LogP contribution in [0.5, 0.6) is 0 Å². The third-order valence-corrected chi connectivity index (χ3v) is 7.98. The Hall–Kier alpha value is -4.18. The fraction of sp³-hybridized carbons (Fsp3) is 0.419. The van der Waals surface area contributed by atoms with Crippen molar-refractivity contribution in [1.29, 1.82) is 0 Å². The summed E-state index contributed by atoms with van der Waals surface area (Å²) in [5.74, 6) is -1.49. The number of aryl methyl sites for hydroxylation is 1. The minimum atomic E-state index is -1.57. The first-order valence-electron chi connectivity index (χ1n) is 14.0. The van der Waals surface area contributed by atoms with Crippen LogP contribution in [0, 0.1) is 0 Å². The van der Waals surface area contributed by atoms with Gasteiger partial charge in [-0.05, 0) is 56.7 Å². The summed E-state index contributed by atoms with van der Waals surface area (Å²) in [6.45, 7) is 9.31. The maximum atomic E-state index is 14.0. The number of carbonyl (C=O) groups is 3. The second-order valence-electron chi connectivity index (χ2n) is 11.3. The third kappa shape index (κ3) is 5.83. The van der Waals surface area contributed by atoms with Gasteiger partial charge in [-0.2, -0.15) is 5.10 Å². The lowest BCUT2D eigenvalue weighted by Gasteiger charge is -2.38. The van der Waals surface area contributed by atoms with Crippen LogP contribution in [0.3, 0.4) is 0 Å². The van der Waals surface area contributed by atoms with Crippen LogP contribution in [0.15, 0.2) is 60.8 Å². The van der Waals surface area contributed by atoms with E-state index in [0.29, 0.717) is 11.4 Å². The molecule has 4 atom stereocenters. The minimum Gasteiger partial charge on any atom is -0.391 e. The molecule has 2 aromatic carbocycles. The van der Waals surface area contributed by atoms with E-state index >= 15 is 0 Å². The number of primary amides is 1. The zero-order valence-corrected chi connectivity index (χ0v) is 24.3.